The van der Waals surface area contributed by atoms with Crippen LogP contribution in [0.2, 0.25) is 0 Å². The van der Waals surface area contributed by atoms with Crippen molar-refractivity contribution in [2.24, 2.45) is 5.10 Å². The maximum Gasteiger partial charge on any atom is 0.240 e. The summed E-state index contributed by atoms with van der Waals surface area (Å²) < 4.78 is 0.572. The Hall–Kier alpha value is -1.85. The van der Waals surface area contributed by atoms with Crippen LogP contribution >= 0.6 is 0 Å². The van der Waals surface area contributed by atoms with E-state index in [9.17, 15) is 10.1 Å². The molecule has 0 radical (unpaired) electrons. The molecule has 1 N–H and O–H groups in total. The largest absolute Gasteiger partial charge is 0.427 e. The molecule has 0 atom stereocenters. The topological polar surface area (TPSA) is 80.7 Å². The summed E-state index contributed by atoms with van der Waals surface area (Å²) in [5, 5.41) is 20.7. The summed E-state index contributed by atoms with van der Waals surface area (Å²) in [6, 6.07) is 4.39. The van der Waals surface area contributed by atoms with E-state index in [1.54, 1.807) is 0 Å². The summed E-state index contributed by atoms with van der Waals surface area (Å²) in [4.78, 5) is 9.84. The maximum atomic E-state index is 9.84. The summed E-state index contributed by atoms with van der Waals surface area (Å²) >= 11 is 0. The van der Waals surface area contributed by atoms with Gasteiger partial charge in [0.05, 0.1) is 5.10 Å². The summed E-state index contributed by atoms with van der Waals surface area (Å²) in [5.74, 6) is 0. The normalized spacial score (nSPS) is 11.5. The minimum atomic E-state index is -0.873. The third kappa shape index (κ3) is 1.78. The van der Waals surface area contributed by atoms with Gasteiger partial charge in [-0.2, -0.15) is 4.73 Å². The van der Waals surface area contributed by atoms with E-state index in [2.05, 4.69) is 5.10 Å². The Balaban J connectivity index is 3.23. The van der Waals surface area contributed by atoms with Crippen LogP contribution in [0.5, 0.6) is 0 Å². The zero-order chi connectivity index (χ0) is 8.27. The van der Waals surface area contributed by atoms with Crippen LogP contribution in [0.15, 0.2) is 29.5 Å². The number of aromatic nitrogens is 1. The van der Waals surface area contributed by atoms with Gasteiger partial charge in [-0.15, -0.1) is 0 Å². The maximum absolute atomic E-state index is 9.84. The molecule has 11 heavy (non-hydrogen) atoms. The molecule has 1 rings (SSSR count). The number of nitro groups is 1. The highest BCUT2D eigenvalue weighted by Crippen LogP contribution is 1.76. The molecule has 6 nitrogen and oxygen atoms in total. The van der Waals surface area contributed by atoms with Gasteiger partial charge in [0.1, 0.15) is 0 Å². The first kappa shape index (κ1) is 7.26. The van der Waals surface area contributed by atoms with Crippen molar-refractivity contribution >= 4 is 0 Å². The van der Waals surface area contributed by atoms with Crippen molar-refractivity contribution in [2.45, 2.75) is 0 Å². The molecule has 0 unspecified atom stereocenters. The number of nitrogens with zero attached hydrogens (tertiary/aromatic N) is 3. The van der Waals surface area contributed by atoms with E-state index in [0.717, 1.165) is 0 Å². The standard InChI is InChI=1S/C5H5N3O3/c9-7-4-2-1-3-5(7)6-8(10)11/h1-4,9H. The van der Waals surface area contributed by atoms with Gasteiger partial charge in [-0.3, -0.25) is 0 Å². The molecule has 0 saturated heterocycles. The molecule has 58 valence electrons. The third-order valence-electron chi connectivity index (χ3n) is 1.00. The quantitative estimate of drug-likeness (QED) is 0.347. The highest BCUT2D eigenvalue weighted by atomic mass is 16.7. The third-order valence-corrected chi connectivity index (χ3v) is 1.00. The van der Waals surface area contributed by atoms with Crippen LogP contribution in [0.1, 0.15) is 0 Å². The molecule has 1 aromatic rings. The second kappa shape index (κ2) is 2.82. The molecule has 0 aliphatic heterocycles. The van der Waals surface area contributed by atoms with Crippen molar-refractivity contribution in [1.82, 2.24) is 4.73 Å². The van der Waals surface area contributed by atoms with Gasteiger partial charge in [-0.1, -0.05) is 6.07 Å². The Kier molecular flexibility index (Phi) is 1.86. The zero-order valence-corrected chi connectivity index (χ0v) is 5.41. The summed E-state index contributed by atoms with van der Waals surface area (Å²) in [6.07, 6.45) is 1.25. The molecule has 0 aromatic carbocycles. The molecule has 0 aliphatic carbocycles. The fraction of sp³-hybridized carbons (Fsp3) is 0. The summed E-state index contributed by atoms with van der Waals surface area (Å²) in [7, 11) is 0. The second-order valence-corrected chi connectivity index (χ2v) is 1.74. The van der Waals surface area contributed by atoms with Gasteiger partial charge in [0.15, 0.2) is 5.03 Å². The first-order valence-electron chi connectivity index (χ1n) is 2.76. The van der Waals surface area contributed by atoms with Crippen LogP contribution in [0, 0.1) is 10.1 Å². The molecule has 6 heteroatoms. The number of hydrogen-bond donors (Lipinski definition) is 1. The Morgan fingerprint density at radius 2 is 2.36 bits per heavy atom. The van der Waals surface area contributed by atoms with E-state index in [1.807, 2.05) is 0 Å². The molecule has 0 aliphatic rings. The van der Waals surface area contributed by atoms with Crippen LogP contribution < -0.4 is 5.49 Å². The predicted octanol–water partition coefficient (Wildman–Crippen LogP) is -0.182. The van der Waals surface area contributed by atoms with Crippen LogP contribution in [0.25, 0.3) is 0 Å². The summed E-state index contributed by atoms with van der Waals surface area (Å²) in [5.41, 5.74) is -0.113. The highest BCUT2D eigenvalue weighted by Gasteiger charge is 1.92. The Bertz CT molecular complexity index is 330. The first-order chi connectivity index (χ1) is 5.20. The van der Waals surface area contributed by atoms with Crippen molar-refractivity contribution in [3.05, 3.63) is 40.0 Å². The predicted molar refractivity (Wildman–Crippen MR) is 34.2 cm³/mol. The molecule has 0 saturated carbocycles. The van der Waals surface area contributed by atoms with Gasteiger partial charge >= 0.3 is 0 Å². The fourth-order valence-electron chi connectivity index (χ4n) is 0.588. The molecule has 1 aromatic heterocycles. The average Bonchev–Trinajstić information content (AvgIpc) is 1.93. The van der Waals surface area contributed by atoms with E-state index in [0.29, 0.717) is 4.73 Å². The first-order valence-corrected chi connectivity index (χ1v) is 2.76. The molecule has 0 bridgehead atoms. The lowest BCUT2D eigenvalue weighted by molar-refractivity contribution is -0.491. The number of pyridine rings is 1. The SMILES string of the molecule is O=[N+]([O-])N=c1ccccn1O. The van der Waals surface area contributed by atoms with Crippen LogP contribution in [0.3, 0.4) is 0 Å². The Morgan fingerprint density at radius 1 is 1.64 bits per heavy atom. The van der Waals surface area contributed by atoms with Gasteiger partial charge in [0, 0.05) is 6.20 Å². The van der Waals surface area contributed by atoms with E-state index in [1.165, 1.54) is 24.4 Å². The van der Waals surface area contributed by atoms with Gasteiger partial charge in [-0.25, -0.2) is 10.1 Å². The molecule has 0 fully saturated rings. The minimum absolute atomic E-state index is 0.113. The van der Waals surface area contributed by atoms with Crippen molar-refractivity contribution in [3.8, 4) is 0 Å². The van der Waals surface area contributed by atoms with E-state index in [4.69, 9.17) is 5.21 Å². The van der Waals surface area contributed by atoms with Crippen LogP contribution in [-0.2, 0) is 0 Å². The van der Waals surface area contributed by atoms with Gasteiger partial charge < -0.3 is 5.21 Å². The van der Waals surface area contributed by atoms with E-state index >= 15 is 0 Å². The van der Waals surface area contributed by atoms with Crippen LogP contribution in [0.4, 0.5) is 0 Å². The molecule has 1 heterocycles. The number of hydrogen-bond acceptors (Lipinski definition) is 3. The smallest absolute Gasteiger partial charge is 0.240 e. The lowest BCUT2D eigenvalue weighted by Gasteiger charge is -1.91. The molecule has 0 spiro atoms. The molecular weight excluding hydrogens is 150 g/mol. The lowest BCUT2D eigenvalue weighted by atomic mass is 10.5. The van der Waals surface area contributed by atoms with E-state index < -0.39 is 5.03 Å². The zero-order valence-electron chi connectivity index (χ0n) is 5.41. The molecular formula is C5H5N3O3. The molecule has 0 amide bonds. The van der Waals surface area contributed by atoms with Crippen molar-refractivity contribution < 1.29 is 10.2 Å². The minimum Gasteiger partial charge on any atom is -0.427 e. The van der Waals surface area contributed by atoms with Crippen molar-refractivity contribution in [2.75, 3.05) is 0 Å². The Morgan fingerprint density at radius 3 is 2.91 bits per heavy atom. The fourth-order valence-corrected chi connectivity index (χ4v) is 0.588. The lowest BCUT2D eigenvalue weighted by Crippen LogP contribution is -2.18. The van der Waals surface area contributed by atoms with Crippen LogP contribution in [-0.4, -0.2) is 15.0 Å². The van der Waals surface area contributed by atoms with Gasteiger partial charge in [0.25, 0.3) is 0 Å². The average molecular weight is 155 g/mol. The Labute approximate surface area is 61.1 Å². The number of rotatable bonds is 1. The summed E-state index contributed by atoms with van der Waals surface area (Å²) in [6.45, 7) is 0. The highest BCUT2D eigenvalue weighted by molar-refractivity contribution is 4.89. The van der Waals surface area contributed by atoms with Crippen molar-refractivity contribution in [1.29, 1.82) is 0 Å². The second-order valence-electron chi connectivity index (χ2n) is 1.74. The van der Waals surface area contributed by atoms with Gasteiger partial charge in [0.2, 0.25) is 5.49 Å². The van der Waals surface area contributed by atoms with Crippen molar-refractivity contribution in [3.63, 3.8) is 0 Å². The monoisotopic (exact) mass is 155 g/mol. The van der Waals surface area contributed by atoms with E-state index in [-0.39, 0.29) is 5.49 Å². The van der Waals surface area contributed by atoms with Gasteiger partial charge in [-0.05, 0) is 12.1 Å².